The van der Waals surface area contributed by atoms with Gasteiger partial charge in [-0.25, -0.2) is 4.98 Å². The minimum absolute atomic E-state index is 0.492. The van der Waals surface area contributed by atoms with Crippen molar-refractivity contribution >= 4 is 0 Å². The highest BCUT2D eigenvalue weighted by Gasteiger charge is 2.08. The van der Waals surface area contributed by atoms with Crippen LogP contribution in [0.3, 0.4) is 0 Å². The fourth-order valence-corrected chi connectivity index (χ4v) is 1.86. The molecule has 0 aliphatic carbocycles. The number of hydrogen-bond acceptors (Lipinski definition) is 4. The van der Waals surface area contributed by atoms with Gasteiger partial charge >= 0.3 is 0 Å². The van der Waals surface area contributed by atoms with Crippen LogP contribution in [-0.4, -0.2) is 42.6 Å². The van der Waals surface area contributed by atoms with Gasteiger partial charge < -0.3 is 10.2 Å². The summed E-state index contributed by atoms with van der Waals surface area (Å²) in [7, 11) is 0. The minimum atomic E-state index is 0.492. The first-order valence-electron chi connectivity index (χ1n) is 5.66. The second-order valence-electron chi connectivity index (χ2n) is 4.01. The van der Waals surface area contributed by atoms with Crippen LogP contribution in [0.15, 0.2) is 18.3 Å². The van der Waals surface area contributed by atoms with Gasteiger partial charge in [0.25, 0.3) is 0 Å². The third kappa shape index (κ3) is 3.02. The molecule has 0 radical (unpaired) electrons. The second kappa shape index (κ2) is 5.59. The predicted molar refractivity (Wildman–Crippen MR) is 62.0 cm³/mol. The Morgan fingerprint density at radius 3 is 2.81 bits per heavy atom. The lowest BCUT2D eigenvalue weighted by molar-refractivity contribution is 0.244. The van der Waals surface area contributed by atoms with Crippen molar-refractivity contribution in [3.05, 3.63) is 29.6 Å². The molecule has 4 nitrogen and oxygen atoms in total. The van der Waals surface area contributed by atoms with Crippen LogP contribution in [0.25, 0.3) is 0 Å². The van der Waals surface area contributed by atoms with Crippen molar-refractivity contribution < 1.29 is 0 Å². The van der Waals surface area contributed by atoms with E-state index < -0.39 is 0 Å². The zero-order valence-electron chi connectivity index (χ0n) is 9.32. The molecule has 0 amide bonds. The van der Waals surface area contributed by atoms with Gasteiger partial charge in [0.2, 0.25) is 0 Å². The van der Waals surface area contributed by atoms with E-state index in [9.17, 15) is 0 Å². The SMILES string of the molecule is N#Cc1ccc(CCN2CCNCC2)cn1. The summed E-state index contributed by atoms with van der Waals surface area (Å²) in [6, 6.07) is 5.81. The van der Waals surface area contributed by atoms with Crippen LogP contribution >= 0.6 is 0 Å². The molecule has 2 rings (SSSR count). The highest BCUT2D eigenvalue weighted by atomic mass is 15.2. The number of aromatic nitrogens is 1. The van der Waals surface area contributed by atoms with Crippen LogP contribution in [-0.2, 0) is 6.42 Å². The van der Waals surface area contributed by atoms with Gasteiger partial charge in [-0.05, 0) is 18.1 Å². The topological polar surface area (TPSA) is 52.0 Å². The number of hydrogen-bond donors (Lipinski definition) is 1. The van der Waals surface area contributed by atoms with E-state index in [0.29, 0.717) is 5.69 Å². The Bertz CT molecular complexity index is 360. The molecule has 1 aromatic heterocycles. The summed E-state index contributed by atoms with van der Waals surface area (Å²) in [5.74, 6) is 0. The molecule has 0 unspecified atom stereocenters. The van der Waals surface area contributed by atoms with Crippen LogP contribution in [0, 0.1) is 11.3 Å². The Morgan fingerprint density at radius 2 is 2.19 bits per heavy atom. The highest BCUT2D eigenvalue weighted by Crippen LogP contribution is 2.02. The molecule has 0 atom stereocenters. The second-order valence-corrected chi connectivity index (χ2v) is 4.01. The first-order chi connectivity index (χ1) is 7.88. The van der Waals surface area contributed by atoms with Crippen molar-refractivity contribution in [2.75, 3.05) is 32.7 Å². The van der Waals surface area contributed by atoms with Crippen LogP contribution in [0.4, 0.5) is 0 Å². The van der Waals surface area contributed by atoms with Gasteiger partial charge in [-0.15, -0.1) is 0 Å². The number of nitrogens with one attached hydrogen (secondary N) is 1. The molecule has 0 spiro atoms. The Labute approximate surface area is 95.9 Å². The van der Waals surface area contributed by atoms with Gasteiger partial charge in [0.15, 0.2) is 0 Å². The summed E-state index contributed by atoms with van der Waals surface area (Å²) in [5, 5.41) is 12.0. The molecular formula is C12H16N4. The highest BCUT2D eigenvalue weighted by molar-refractivity contribution is 5.23. The first kappa shape index (κ1) is 11.1. The summed E-state index contributed by atoms with van der Waals surface area (Å²) in [6.07, 6.45) is 2.82. The van der Waals surface area contributed by atoms with E-state index >= 15 is 0 Å². The molecule has 0 bridgehead atoms. The van der Waals surface area contributed by atoms with Gasteiger partial charge in [0.05, 0.1) is 0 Å². The number of nitriles is 1. The molecule has 1 fully saturated rings. The molecule has 1 saturated heterocycles. The Hall–Kier alpha value is -1.44. The quantitative estimate of drug-likeness (QED) is 0.794. The Balaban J connectivity index is 1.82. The van der Waals surface area contributed by atoms with Crippen LogP contribution in [0.1, 0.15) is 11.3 Å². The summed E-state index contributed by atoms with van der Waals surface area (Å²) >= 11 is 0. The average molecular weight is 216 g/mol. The average Bonchev–Trinajstić information content (AvgIpc) is 2.38. The van der Waals surface area contributed by atoms with Gasteiger partial charge in [-0.1, -0.05) is 6.07 Å². The zero-order chi connectivity index (χ0) is 11.2. The Morgan fingerprint density at radius 1 is 1.38 bits per heavy atom. The fraction of sp³-hybridized carbons (Fsp3) is 0.500. The third-order valence-corrected chi connectivity index (χ3v) is 2.87. The van der Waals surface area contributed by atoms with E-state index in [2.05, 4.69) is 15.2 Å². The maximum absolute atomic E-state index is 8.63. The molecule has 4 heteroatoms. The van der Waals surface area contributed by atoms with E-state index in [-0.39, 0.29) is 0 Å². The summed E-state index contributed by atoms with van der Waals surface area (Å²) < 4.78 is 0. The minimum Gasteiger partial charge on any atom is -0.314 e. The van der Waals surface area contributed by atoms with Crippen LogP contribution < -0.4 is 5.32 Å². The fourth-order valence-electron chi connectivity index (χ4n) is 1.86. The molecule has 84 valence electrons. The summed E-state index contributed by atoms with van der Waals surface area (Å²) in [6.45, 7) is 5.51. The van der Waals surface area contributed by atoms with Crippen molar-refractivity contribution in [3.63, 3.8) is 0 Å². The van der Waals surface area contributed by atoms with Crippen molar-refractivity contribution in [2.24, 2.45) is 0 Å². The maximum Gasteiger partial charge on any atom is 0.140 e. The molecule has 1 aromatic rings. The van der Waals surface area contributed by atoms with E-state index in [4.69, 9.17) is 5.26 Å². The van der Waals surface area contributed by atoms with E-state index in [1.165, 1.54) is 5.56 Å². The molecular weight excluding hydrogens is 200 g/mol. The number of piperazine rings is 1. The summed E-state index contributed by atoms with van der Waals surface area (Å²) in [5.41, 5.74) is 1.70. The number of pyridine rings is 1. The maximum atomic E-state index is 8.63. The summed E-state index contributed by atoms with van der Waals surface area (Å²) in [4.78, 5) is 6.52. The smallest absolute Gasteiger partial charge is 0.140 e. The van der Waals surface area contributed by atoms with Crippen molar-refractivity contribution in [1.29, 1.82) is 5.26 Å². The zero-order valence-corrected chi connectivity index (χ0v) is 9.32. The number of nitrogens with zero attached hydrogens (tertiary/aromatic N) is 3. The molecule has 1 aliphatic heterocycles. The molecule has 16 heavy (non-hydrogen) atoms. The monoisotopic (exact) mass is 216 g/mol. The lowest BCUT2D eigenvalue weighted by atomic mass is 10.2. The molecule has 0 saturated carbocycles. The lowest BCUT2D eigenvalue weighted by Crippen LogP contribution is -2.44. The molecule has 2 heterocycles. The predicted octanol–water partition coefficient (Wildman–Crippen LogP) is 0.401. The van der Waals surface area contributed by atoms with E-state index in [1.54, 1.807) is 12.3 Å². The Kier molecular flexibility index (Phi) is 3.86. The van der Waals surface area contributed by atoms with Crippen LogP contribution in [0.5, 0.6) is 0 Å². The van der Waals surface area contributed by atoms with Gasteiger partial charge in [0.1, 0.15) is 11.8 Å². The normalized spacial score (nSPS) is 16.9. The van der Waals surface area contributed by atoms with Crippen molar-refractivity contribution in [3.8, 4) is 6.07 Å². The lowest BCUT2D eigenvalue weighted by Gasteiger charge is -2.26. The molecule has 0 aromatic carbocycles. The van der Waals surface area contributed by atoms with E-state index in [0.717, 1.165) is 39.1 Å². The molecule has 1 aliphatic rings. The standard InChI is InChI=1S/C12H16N4/c13-9-12-2-1-11(10-15-12)3-6-16-7-4-14-5-8-16/h1-2,10,14H,3-8H2. The van der Waals surface area contributed by atoms with Crippen LogP contribution in [0.2, 0.25) is 0 Å². The van der Waals surface area contributed by atoms with E-state index in [1.807, 2.05) is 12.1 Å². The van der Waals surface area contributed by atoms with Crippen molar-refractivity contribution in [1.82, 2.24) is 15.2 Å². The van der Waals surface area contributed by atoms with Gasteiger partial charge in [-0.2, -0.15) is 5.26 Å². The number of rotatable bonds is 3. The first-order valence-corrected chi connectivity index (χ1v) is 5.66. The third-order valence-electron chi connectivity index (χ3n) is 2.87. The van der Waals surface area contributed by atoms with Crippen molar-refractivity contribution in [2.45, 2.75) is 6.42 Å². The van der Waals surface area contributed by atoms with Gasteiger partial charge in [0, 0.05) is 38.9 Å². The van der Waals surface area contributed by atoms with Gasteiger partial charge in [-0.3, -0.25) is 0 Å². The largest absolute Gasteiger partial charge is 0.314 e. The molecule has 1 N–H and O–H groups in total.